The summed E-state index contributed by atoms with van der Waals surface area (Å²) in [5, 5.41) is 20.5. The number of benzene rings is 1. The van der Waals surface area contributed by atoms with Crippen LogP contribution in [-0.2, 0) is 11.3 Å². The van der Waals surface area contributed by atoms with Gasteiger partial charge in [-0.3, -0.25) is 4.79 Å². The van der Waals surface area contributed by atoms with E-state index in [1.54, 1.807) is 11.6 Å². The van der Waals surface area contributed by atoms with Gasteiger partial charge in [-0.25, -0.2) is 4.68 Å². The summed E-state index contributed by atoms with van der Waals surface area (Å²) in [5.74, 6) is -0.573. The molecule has 1 atom stereocenters. The Kier molecular flexibility index (Phi) is 4.49. The Balaban J connectivity index is 2.19. The van der Waals surface area contributed by atoms with Crippen LogP contribution in [0.2, 0.25) is 0 Å². The highest BCUT2D eigenvalue weighted by Gasteiger charge is 2.14. The zero-order valence-electron chi connectivity index (χ0n) is 11.2. The SMILES string of the molecule is Cc1cc(-c2nnnn2CCC(C)C(=O)O)ccc1Br. The van der Waals surface area contributed by atoms with Gasteiger partial charge in [0.15, 0.2) is 5.82 Å². The lowest BCUT2D eigenvalue weighted by Gasteiger charge is -2.08. The molecule has 20 heavy (non-hydrogen) atoms. The van der Waals surface area contributed by atoms with Crippen LogP contribution in [0.1, 0.15) is 18.9 Å². The van der Waals surface area contributed by atoms with E-state index in [0.29, 0.717) is 18.8 Å². The number of carboxylic acid groups (broad SMARTS) is 1. The molecule has 0 amide bonds. The molecule has 0 aliphatic heterocycles. The first kappa shape index (κ1) is 14.6. The van der Waals surface area contributed by atoms with Crippen molar-refractivity contribution in [2.24, 2.45) is 5.92 Å². The Labute approximate surface area is 124 Å². The molecule has 0 saturated heterocycles. The summed E-state index contributed by atoms with van der Waals surface area (Å²) in [4.78, 5) is 10.8. The van der Waals surface area contributed by atoms with Crippen molar-refractivity contribution < 1.29 is 9.90 Å². The molecule has 0 spiro atoms. The molecule has 0 saturated carbocycles. The molecule has 0 bridgehead atoms. The molecule has 0 aliphatic rings. The molecule has 0 fully saturated rings. The van der Waals surface area contributed by atoms with Crippen molar-refractivity contribution in [3.63, 3.8) is 0 Å². The number of carboxylic acids is 1. The van der Waals surface area contributed by atoms with Crippen LogP contribution >= 0.6 is 15.9 Å². The molecule has 1 heterocycles. The zero-order chi connectivity index (χ0) is 14.7. The van der Waals surface area contributed by atoms with E-state index in [1.807, 2.05) is 25.1 Å². The number of hydrogen-bond donors (Lipinski definition) is 1. The maximum atomic E-state index is 10.8. The van der Waals surface area contributed by atoms with E-state index < -0.39 is 11.9 Å². The minimum Gasteiger partial charge on any atom is -0.481 e. The van der Waals surface area contributed by atoms with Gasteiger partial charge in [0.25, 0.3) is 0 Å². The number of carbonyl (C=O) groups is 1. The molecule has 2 aromatic rings. The number of hydrogen-bond acceptors (Lipinski definition) is 4. The summed E-state index contributed by atoms with van der Waals surface area (Å²) in [6, 6.07) is 5.87. The van der Waals surface area contributed by atoms with Crippen LogP contribution in [0.4, 0.5) is 0 Å². The van der Waals surface area contributed by atoms with Crippen molar-refractivity contribution in [2.45, 2.75) is 26.8 Å². The highest BCUT2D eigenvalue weighted by molar-refractivity contribution is 9.10. The second kappa shape index (κ2) is 6.13. The van der Waals surface area contributed by atoms with Gasteiger partial charge in [-0.1, -0.05) is 22.9 Å². The number of halogens is 1. The van der Waals surface area contributed by atoms with E-state index in [1.165, 1.54) is 0 Å². The van der Waals surface area contributed by atoms with Crippen molar-refractivity contribution in [3.05, 3.63) is 28.2 Å². The van der Waals surface area contributed by atoms with Crippen LogP contribution in [0.15, 0.2) is 22.7 Å². The Bertz CT molecular complexity index is 627. The molecular weight excluding hydrogens is 324 g/mol. The lowest BCUT2D eigenvalue weighted by Crippen LogP contribution is -2.14. The third-order valence-electron chi connectivity index (χ3n) is 3.14. The number of tetrazole rings is 1. The van der Waals surface area contributed by atoms with Crippen LogP contribution < -0.4 is 0 Å². The molecule has 0 aliphatic carbocycles. The van der Waals surface area contributed by atoms with Crippen LogP contribution in [0.25, 0.3) is 11.4 Å². The summed E-state index contributed by atoms with van der Waals surface area (Å²) in [7, 11) is 0. The van der Waals surface area contributed by atoms with Gasteiger partial charge in [0.1, 0.15) is 0 Å². The quantitative estimate of drug-likeness (QED) is 0.905. The van der Waals surface area contributed by atoms with Crippen molar-refractivity contribution in [1.29, 1.82) is 0 Å². The Morgan fingerprint density at radius 3 is 2.90 bits per heavy atom. The molecule has 106 valence electrons. The van der Waals surface area contributed by atoms with Gasteiger partial charge in [-0.15, -0.1) is 5.10 Å². The number of nitrogens with zero attached hydrogens (tertiary/aromatic N) is 4. The fourth-order valence-electron chi connectivity index (χ4n) is 1.79. The first-order valence-corrected chi connectivity index (χ1v) is 7.04. The van der Waals surface area contributed by atoms with E-state index in [2.05, 4.69) is 31.5 Å². The van der Waals surface area contributed by atoms with E-state index in [9.17, 15) is 4.79 Å². The summed E-state index contributed by atoms with van der Waals surface area (Å²) in [6.07, 6.45) is 0.489. The fraction of sp³-hybridized carbons (Fsp3) is 0.385. The lowest BCUT2D eigenvalue weighted by molar-refractivity contribution is -0.141. The van der Waals surface area contributed by atoms with Gasteiger partial charge in [0, 0.05) is 16.6 Å². The maximum absolute atomic E-state index is 10.8. The molecule has 0 radical (unpaired) electrons. The van der Waals surface area contributed by atoms with Crippen molar-refractivity contribution in [3.8, 4) is 11.4 Å². The lowest BCUT2D eigenvalue weighted by atomic mass is 10.1. The van der Waals surface area contributed by atoms with Crippen LogP contribution in [0.3, 0.4) is 0 Å². The normalized spacial score (nSPS) is 12.3. The third kappa shape index (κ3) is 3.22. The standard InChI is InChI=1S/C13H15BrN4O2/c1-8(13(19)20)5-6-18-12(15-16-17-18)10-3-4-11(14)9(2)7-10/h3-4,7-8H,5-6H2,1-2H3,(H,19,20). The monoisotopic (exact) mass is 338 g/mol. The van der Waals surface area contributed by atoms with Gasteiger partial charge >= 0.3 is 5.97 Å². The van der Waals surface area contributed by atoms with Crippen LogP contribution in [0, 0.1) is 12.8 Å². The summed E-state index contributed by atoms with van der Waals surface area (Å²) < 4.78 is 2.67. The molecule has 6 nitrogen and oxygen atoms in total. The molecule has 1 N–H and O–H groups in total. The van der Waals surface area contributed by atoms with Gasteiger partial charge in [0.2, 0.25) is 0 Å². The summed E-state index contributed by atoms with van der Waals surface area (Å²) in [6.45, 7) is 4.15. The number of aliphatic carboxylic acids is 1. The zero-order valence-corrected chi connectivity index (χ0v) is 12.8. The van der Waals surface area contributed by atoms with Crippen molar-refractivity contribution >= 4 is 21.9 Å². The second-order valence-corrected chi connectivity index (χ2v) is 5.57. The maximum Gasteiger partial charge on any atom is 0.306 e. The van der Waals surface area contributed by atoms with Gasteiger partial charge < -0.3 is 5.11 Å². The first-order valence-electron chi connectivity index (χ1n) is 6.24. The highest BCUT2D eigenvalue weighted by atomic mass is 79.9. The predicted octanol–water partition coefficient (Wildman–Crippen LogP) is 2.52. The van der Waals surface area contributed by atoms with Gasteiger partial charge in [-0.05, 0) is 47.5 Å². The van der Waals surface area contributed by atoms with E-state index in [0.717, 1.165) is 15.6 Å². The Hall–Kier alpha value is -1.76. The fourth-order valence-corrected chi connectivity index (χ4v) is 2.03. The van der Waals surface area contributed by atoms with Gasteiger partial charge in [0.05, 0.1) is 5.92 Å². The molecule has 7 heteroatoms. The van der Waals surface area contributed by atoms with E-state index in [4.69, 9.17) is 5.11 Å². The van der Waals surface area contributed by atoms with Crippen molar-refractivity contribution in [2.75, 3.05) is 0 Å². The largest absolute Gasteiger partial charge is 0.481 e. The smallest absolute Gasteiger partial charge is 0.306 e. The first-order chi connectivity index (χ1) is 9.49. The van der Waals surface area contributed by atoms with E-state index >= 15 is 0 Å². The summed E-state index contributed by atoms with van der Waals surface area (Å²) >= 11 is 3.45. The molecule has 2 rings (SSSR count). The predicted molar refractivity (Wildman–Crippen MR) is 77.1 cm³/mol. The number of aryl methyl sites for hydroxylation is 2. The minimum absolute atomic E-state index is 0.418. The Morgan fingerprint density at radius 1 is 1.50 bits per heavy atom. The van der Waals surface area contributed by atoms with Gasteiger partial charge in [-0.2, -0.15) is 0 Å². The highest BCUT2D eigenvalue weighted by Crippen LogP contribution is 2.23. The average molecular weight is 339 g/mol. The molecular formula is C13H15BrN4O2. The topological polar surface area (TPSA) is 80.9 Å². The molecule has 1 aromatic heterocycles. The summed E-state index contributed by atoms with van der Waals surface area (Å²) in [5.41, 5.74) is 2.01. The number of aromatic nitrogens is 4. The molecule has 1 unspecified atom stereocenters. The van der Waals surface area contributed by atoms with Crippen LogP contribution in [-0.4, -0.2) is 31.3 Å². The third-order valence-corrected chi connectivity index (χ3v) is 4.03. The molecule has 1 aromatic carbocycles. The number of rotatable bonds is 5. The average Bonchev–Trinajstić information content (AvgIpc) is 2.87. The minimum atomic E-state index is -0.806. The van der Waals surface area contributed by atoms with E-state index in [-0.39, 0.29) is 0 Å². The van der Waals surface area contributed by atoms with Crippen molar-refractivity contribution in [1.82, 2.24) is 20.2 Å². The second-order valence-electron chi connectivity index (χ2n) is 4.72. The Morgan fingerprint density at radius 2 is 2.25 bits per heavy atom. The van der Waals surface area contributed by atoms with Crippen LogP contribution in [0.5, 0.6) is 0 Å².